The maximum Gasteiger partial charge on any atom is 0.0864 e. The van der Waals surface area contributed by atoms with Crippen LogP contribution in [0.4, 0.5) is 0 Å². The van der Waals surface area contributed by atoms with Crippen molar-refractivity contribution in [3.8, 4) is 0 Å². The molecule has 1 aliphatic carbocycles. The highest BCUT2D eigenvalue weighted by molar-refractivity contribution is 5.44. The van der Waals surface area contributed by atoms with E-state index in [1.54, 1.807) is 0 Å². The highest BCUT2D eigenvalue weighted by Crippen LogP contribution is 2.40. The lowest BCUT2D eigenvalue weighted by atomic mass is 9.86. The number of allylic oxidation sites excluding steroid dienone is 1. The van der Waals surface area contributed by atoms with Crippen molar-refractivity contribution in [2.24, 2.45) is 0 Å². The highest BCUT2D eigenvalue weighted by Gasteiger charge is 2.28. The van der Waals surface area contributed by atoms with E-state index in [1.165, 1.54) is 16.7 Å². The van der Waals surface area contributed by atoms with Crippen LogP contribution in [0.1, 0.15) is 40.7 Å². The molecule has 0 spiro atoms. The summed E-state index contributed by atoms with van der Waals surface area (Å²) in [5.74, 6) is 0.109. The second kappa shape index (κ2) is 5.02. The van der Waals surface area contributed by atoms with E-state index in [9.17, 15) is 5.11 Å². The first-order valence-corrected chi connectivity index (χ1v) is 6.76. The third-order valence-corrected chi connectivity index (χ3v) is 4.01. The average molecular weight is 250 g/mol. The second-order valence-electron chi connectivity index (χ2n) is 5.15. The van der Waals surface area contributed by atoms with Crippen LogP contribution in [0.5, 0.6) is 0 Å². The van der Waals surface area contributed by atoms with Gasteiger partial charge in [0, 0.05) is 5.92 Å². The molecule has 1 nitrogen and oxygen atoms in total. The van der Waals surface area contributed by atoms with Crippen LogP contribution in [-0.2, 0) is 6.42 Å². The Hall–Kier alpha value is -1.86. The van der Waals surface area contributed by atoms with Gasteiger partial charge in [0.25, 0.3) is 0 Å². The Morgan fingerprint density at radius 2 is 1.58 bits per heavy atom. The van der Waals surface area contributed by atoms with E-state index in [0.717, 1.165) is 18.4 Å². The van der Waals surface area contributed by atoms with Gasteiger partial charge in [-0.2, -0.15) is 0 Å². The Balaban J connectivity index is 2.18. The van der Waals surface area contributed by atoms with Crippen molar-refractivity contribution in [1.29, 1.82) is 0 Å². The first-order valence-electron chi connectivity index (χ1n) is 6.76. The molecule has 0 aromatic heterocycles. The van der Waals surface area contributed by atoms with Gasteiger partial charge < -0.3 is 5.11 Å². The van der Waals surface area contributed by atoms with Crippen molar-refractivity contribution in [3.05, 3.63) is 83.4 Å². The van der Waals surface area contributed by atoms with Gasteiger partial charge in [-0.3, -0.25) is 0 Å². The van der Waals surface area contributed by atoms with Crippen LogP contribution in [0.3, 0.4) is 0 Å². The summed E-state index contributed by atoms with van der Waals surface area (Å²) >= 11 is 0. The molecule has 2 aromatic rings. The van der Waals surface area contributed by atoms with E-state index in [2.05, 4.69) is 36.9 Å². The number of hydrogen-bond donors (Lipinski definition) is 1. The zero-order chi connectivity index (χ0) is 13.2. The molecular formula is C18H18O. The second-order valence-corrected chi connectivity index (χ2v) is 5.15. The number of aliphatic hydroxyl groups excluding tert-OH is 1. The van der Waals surface area contributed by atoms with Crippen LogP contribution in [0, 0.1) is 0 Å². The van der Waals surface area contributed by atoms with Gasteiger partial charge in [-0.25, -0.2) is 0 Å². The summed E-state index contributed by atoms with van der Waals surface area (Å²) < 4.78 is 0. The molecule has 0 fully saturated rings. The minimum Gasteiger partial charge on any atom is -0.388 e. The molecule has 0 saturated heterocycles. The van der Waals surface area contributed by atoms with E-state index in [0.29, 0.717) is 0 Å². The van der Waals surface area contributed by atoms with Crippen LogP contribution in [0.15, 0.2) is 61.2 Å². The molecule has 19 heavy (non-hydrogen) atoms. The Morgan fingerprint density at radius 1 is 1.00 bits per heavy atom. The summed E-state index contributed by atoms with van der Waals surface area (Å²) in [7, 11) is 0. The van der Waals surface area contributed by atoms with E-state index in [4.69, 9.17) is 0 Å². The molecule has 1 aliphatic rings. The fourth-order valence-corrected chi connectivity index (χ4v) is 3.07. The van der Waals surface area contributed by atoms with Crippen LogP contribution in [0.25, 0.3) is 0 Å². The number of fused-ring (bicyclic) bond motifs is 2. The van der Waals surface area contributed by atoms with E-state index >= 15 is 0 Å². The summed E-state index contributed by atoms with van der Waals surface area (Å²) in [6.45, 7) is 3.84. The largest absolute Gasteiger partial charge is 0.388 e. The molecule has 0 amide bonds. The molecule has 0 unspecified atom stereocenters. The predicted molar refractivity (Wildman–Crippen MR) is 78.2 cm³/mol. The first-order chi connectivity index (χ1) is 9.31. The lowest BCUT2D eigenvalue weighted by Crippen LogP contribution is -2.10. The third kappa shape index (κ3) is 2.11. The van der Waals surface area contributed by atoms with Crippen LogP contribution < -0.4 is 0 Å². The number of hydrogen-bond acceptors (Lipinski definition) is 1. The molecule has 0 aliphatic heterocycles. The molecule has 0 bridgehead atoms. The number of rotatable bonds is 2. The van der Waals surface area contributed by atoms with Gasteiger partial charge in [0.15, 0.2) is 0 Å². The standard InChI is InChI=1S/C18H18O/c1-2-7-17-15-10-5-3-8-13(15)12-14-9-4-6-11-16(14)18(17)19/h2-6,8-11,17-19H,1,7,12H2/t17-,18+/m0/s1. The zero-order valence-electron chi connectivity index (χ0n) is 10.9. The van der Waals surface area contributed by atoms with Gasteiger partial charge in [0.1, 0.15) is 0 Å². The monoisotopic (exact) mass is 250 g/mol. The Kier molecular flexibility index (Phi) is 3.22. The van der Waals surface area contributed by atoms with Gasteiger partial charge in [-0.1, -0.05) is 54.6 Å². The van der Waals surface area contributed by atoms with E-state index < -0.39 is 6.10 Å². The molecule has 2 atom stereocenters. The molecule has 2 aromatic carbocycles. The SMILES string of the molecule is C=CC[C@H]1c2ccccc2Cc2ccccc2[C@H]1O. The van der Waals surface area contributed by atoms with Crippen molar-refractivity contribution in [3.63, 3.8) is 0 Å². The fraction of sp³-hybridized carbons (Fsp3) is 0.222. The zero-order valence-corrected chi connectivity index (χ0v) is 10.9. The van der Waals surface area contributed by atoms with Crippen LogP contribution >= 0.6 is 0 Å². The normalized spacial score (nSPS) is 21.1. The summed E-state index contributed by atoms with van der Waals surface area (Å²) in [6.07, 6.45) is 3.15. The summed E-state index contributed by atoms with van der Waals surface area (Å²) in [6, 6.07) is 16.6. The average Bonchev–Trinajstić information content (AvgIpc) is 2.56. The van der Waals surface area contributed by atoms with Crippen molar-refractivity contribution < 1.29 is 5.11 Å². The van der Waals surface area contributed by atoms with Crippen molar-refractivity contribution in [2.75, 3.05) is 0 Å². The summed E-state index contributed by atoms with van der Waals surface area (Å²) in [5.41, 5.74) is 4.86. The van der Waals surface area contributed by atoms with Gasteiger partial charge >= 0.3 is 0 Å². The first kappa shape index (κ1) is 12.2. The minimum absolute atomic E-state index is 0.109. The third-order valence-electron chi connectivity index (χ3n) is 4.01. The lowest BCUT2D eigenvalue weighted by Gasteiger charge is -2.22. The summed E-state index contributed by atoms with van der Waals surface area (Å²) in [5, 5.41) is 10.7. The smallest absolute Gasteiger partial charge is 0.0864 e. The van der Waals surface area contributed by atoms with Gasteiger partial charge in [0.2, 0.25) is 0 Å². The van der Waals surface area contributed by atoms with Crippen molar-refractivity contribution in [1.82, 2.24) is 0 Å². The molecule has 3 rings (SSSR count). The molecule has 96 valence electrons. The van der Waals surface area contributed by atoms with Gasteiger partial charge in [0.05, 0.1) is 6.10 Å². The Morgan fingerprint density at radius 3 is 2.26 bits per heavy atom. The quantitative estimate of drug-likeness (QED) is 0.799. The van der Waals surface area contributed by atoms with E-state index in [1.807, 2.05) is 24.3 Å². The Labute approximate surface area is 114 Å². The minimum atomic E-state index is -0.446. The maximum absolute atomic E-state index is 10.7. The van der Waals surface area contributed by atoms with Crippen molar-refractivity contribution >= 4 is 0 Å². The molecule has 0 saturated carbocycles. The molecule has 1 heteroatoms. The van der Waals surface area contributed by atoms with Gasteiger partial charge in [-0.15, -0.1) is 6.58 Å². The number of benzene rings is 2. The van der Waals surface area contributed by atoms with E-state index in [-0.39, 0.29) is 5.92 Å². The number of aliphatic hydroxyl groups is 1. The highest BCUT2D eigenvalue weighted by atomic mass is 16.3. The Bertz CT molecular complexity index is 600. The molecular weight excluding hydrogens is 232 g/mol. The van der Waals surface area contributed by atoms with Crippen LogP contribution in [0.2, 0.25) is 0 Å². The topological polar surface area (TPSA) is 20.2 Å². The molecule has 0 radical (unpaired) electrons. The fourth-order valence-electron chi connectivity index (χ4n) is 3.07. The van der Waals surface area contributed by atoms with Crippen molar-refractivity contribution in [2.45, 2.75) is 24.9 Å². The lowest BCUT2D eigenvalue weighted by molar-refractivity contribution is 0.145. The van der Waals surface area contributed by atoms with Crippen LogP contribution in [-0.4, -0.2) is 5.11 Å². The summed E-state index contributed by atoms with van der Waals surface area (Å²) in [4.78, 5) is 0. The molecule has 0 heterocycles. The maximum atomic E-state index is 10.7. The predicted octanol–water partition coefficient (Wildman–Crippen LogP) is 3.98. The van der Waals surface area contributed by atoms with Gasteiger partial charge in [-0.05, 0) is 35.1 Å². The molecule has 1 N–H and O–H groups in total.